The van der Waals surface area contributed by atoms with Crippen molar-refractivity contribution in [3.63, 3.8) is 0 Å². The summed E-state index contributed by atoms with van der Waals surface area (Å²) in [5, 5.41) is 5.96. The van der Waals surface area contributed by atoms with Crippen LogP contribution in [0, 0.1) is 0 Å². The highest BCUT2D eigenvalue weighted by Crippen LogP contribution is 2.39. The third-order valence-electron chi connectivity index (χ3n) is 3.99. The Labute approximate surface area is 153 Å². The molecule has 0 unspecified atom stereocenters. The van der Waals surface area contributed by atoms with Gasteiger partial charge >= 0.3 is 6.36 Å². The standard InChI is InChI=1S/C17H17F3N4O3/c1-24-9-23-12-4-5-13(26-2)11(15(12)24)8-22-16(25)10-3-6-14(21-7-10)27-17(18,19)20/h3-7,23H,8-9H2,1-2H3,(H,22,25). The van der Waals surface area contributed by atoms with Crippen LogP contribution < -0.4 is 25.0 Å². The first kappa shape index (κ1) is 18.6. The maximum Gasteiger partial charge on any atom is 0.574 e. The van der Waals surface area contributed by atoms with Crippen LogP contribution in [0.15, 0.2) is 30.5 Å². The van der Waals surface area contributed by atoms with E-state index >= 15 is 0 Å². The number of carbonyl (C=O) groups is 1. The molecule has 10 heteroatoms. The second-order valence-corrected chi connectivity index (χ2v) is 5.79. The summed E-state index contributed by atoms with van der Waals surface area (Å²) in [5.74, 6) is -0.486. The number of methoxy groups -OCH3 is 1. The molecule has 0 spiro atoms. The minimum atomic E-state index is -4.83. The number of benzene rings is 1. The van der Waals surface area contributed by atoms with Crippen molar-refractivity contribution in [1.82, 2.24) is 10.3 Å². The maximum atomic E-state index is 12.3. The zero-order valence-electron chi connectivity index (χ0n) is 14.6. The summed E-state index contributed by atoms with van der Waals surface area (Å²) < 4.78 is 45.5. The maximum absolute atomic E-state index is 12.3. The van der Waals surface area contributed by atoms with E-state index in [9.17, 15) is 18.0 Å². The van der Waals surface area contributed by atoms with Crippen LogP contribution in [-0.2, 0) is 6.54 Å². The highest BCUT2D eigenvalue weighted by molar-refractivity contribution is 5.94. The van der Waals surface area contributed by atoms with E-state index in [-0.39, 0.29) is 12.1 Å². The van der Waals surface area contributed by atoms with Gasteiger partial charge in [-0.25, -0.2) is 4.98 Å². The Hall–Kier alpha value is -3.17. The number of pyridine rings is 1. The van der Waals surface area contributed by atoms with E-state index < -0.39 is 18.1 Å². The highest BCUT2D eigenvalue weighted by atomic mass is 19.4. The van der Waals surface area contributed by atoms with Crippen molar-refractivity contribution in [2.45, 2.75) is 12.9 Å². The largest absolute Gasteiger partial charge is 0.574 e. The van der Waals surface area contributed by atoms with Gasteiger partial charge in [0, 0.05) is 31.4 Å². The number of fused-ring (bicyclic) bond motifs is 1. The third-order valence-corrected chi connectivity index (χ3v) is 3.99. The molecule has 2 aromatic rings. The third kappa shape index (κ3) is 4.15. The Balaban J connectivity index is 1.72. The monoisotopic (exact) mass is 382 g/mol. The summed E-state index contributed by atoms with van der Waals surface area (Å²) in [6, 6.07) is 5.90. The molecule has 1 amide bonds. The predicted molar refractivity (Wildman–Crippen MR) is 92.0 cm³/mol. The number of rotatable bonds is 5. The number of aromatic nitrogens is 1. The molecule has 0 aliphatic carbocycles. The molecule has 0 fully saturated rings. The summed E-state index contributed by atoms with van der Waals surface area (Å²) >= 11 is 0. The molecule has 7 nitrogen and oxygen atoms in total. The number of nitrogens with one attached hydrogen (secondary N) is 2. The molecule has 1 aliphatic rings. The molecule has 2 heterocycles. The summed E-state index contributed by atoms with van der Waals surface area (Å²) in [5.41, 5.74) is 2.75. The zero-order valence-corrected chi connectivity index (χ0v) is 14.6. The lowest BCUT2D eigenvalue weighted by Gasteiger charge is -2.18. The van der Waals surface area contributed by atoms with Crippen LogP contribution in [-0.4, -0.2) is 38.1 Å². The van der Waals surface area contributed by atoms with E-state index in [1.807, 2.05) is 18.0 Å². The van der Waals surface area contributed by atoms with Gasteiger partial charge in [-0.05, 0) is 18.2 Å². The first-order valence-corrected chi connectivity index (χ1v) is 7.93. The van der Waals surface area contributed by atoms with Gasteiger partial charge in [-0.1, -0.05) is 0 Å². The van der Waals surface area contributed by atoms with Crippen LogP contribution in [0.5, 0.6) is 11.6 Å². The van der Waals surface area contributed by atoms with Crippen LogP contribution in [0.3, 0.4) is 0 Å². The van der Waals surface area contributed by atoms with E-state index in [4.69, 9.17) is 4.74 Å². The summed E-state index contributed by atoms with van der Waals surface area (Å²) in [7, 11) is 3.45. The van der Waals surface area contributed by atoms with Crippen LogP contribution in [0.25, 0.3) is 0 Å². The molecule has 0 bridgehead atoms. The Morgan fingerprint density at radius 1 is 1.33 bits per heavy atom. The molecule has 3 rings (SSSR count). The van der Waals surface area contributed by atoms with Crippen LogP contribution in [0.4, 0.5) is 24.5 Å². The normalized spacial score (nSPS) is 13.0. The van der Waals surface area contributed by atoms with Crippen molar-refractivity contribution in [2.24, 2.45) is 0 Å². The number of alkyl halides is 3. The van der Waals surface area contributed by atoms with Crippen molar-refractivity contribution in [3.05, 3.63) is 41.6 Å². The van der Waals surface area contributed by atoms with E-state index in [2.05, 4.69) is 20.4 Å². The average Bonchev–Trinajstić information content (AvgIpc) is 3.00. The molecule has 27 heavy (non-hydrogen) atoms. The smallest absolute Gasteiger partial charge is 0.496 e. The van der Waals surface area contributed by atoms with Gasteiger partial charge in [0.1, 0.15) is 5.75 Å². The zero-order chi connectivity index (χ0) is 19.6. The Kier molecular flexibility index (Phi) is 4.98. The molecule has 1 aliphatic heterocycles. The van der Waals surface area contributed by atoms with Gasteiger partial charge in [-0.3, -0.25) is 4.79 Å². The minimum Gasteiger partial charge on any atom is -0.496 e. The van der Waals surface area contributed by atoms with Gasteiger partial charge in [0.25, 0.3) is 5.91 Å². The Morgan fingerprint density at radius 3 is 2.74 bits per heavy atom. The number of ether oxygens (including phenoxy) is 2. The fourth-order valence-electron chi connectivity index (χ4n) is 2.81. The number of carbonyl (C=O) groups excluding carboxylic acids is 1. The molecular weight excluding hydrogens is 365 g/mol. The van der Waals surface area contributed by atoms with Crippen LogP contribution in [0.1, 0.15) is 15.9 Å². The second-order valence-electron chi connectivity index (χ2n) is 5.79. The SMILES string of the molecule is COc1ccc2c(c1CNC(=O)c1ccc(OC(F)(F)F)nc1)N(C)CN2. The molecule has 144 valence electrons. The van der Waals surface area contributed by atoms with E-state index in [0.29, 0.717) is 12.4 Å². The van der Waals surface area contributed by atoms with E-state index in [0.717, 1.165) is 29.2 Å². The summed E-state index contributed by atoms with van der Waals surface area (Å²) in [4.78, 5) is 17.8. The first-order valence-electron chi connectivity index (χ1n) is 7.93. The van der Waals surface area contributed by atoms with Crippen molar-refractivity contribution in [3.8, 4) is 11.6 Å². The van der Waals surface area contributed by atoms with E-state index in [1.54, 1.807) is 13.2 Å². The quantitative estimate of drug-likeness (QED) is 0.828. The van der Waals surface area contributed by atoms with Gasteiger partial charge in [0.05, 0.1) is 30.7 Å². The van der Waals surface area contributed by atoms with E-state index in [1.165, 1.54) is 6.07 Å². The lowest BCUT2D eigenvalue weighted by atomic mass is 10.1. The first-order chi connectivity index (χ1) is 12.8. The number of halogens is 3. The van der Waals surface area contributed by atoms with Gasteiger partial charge in [-0.15, -0.1) is 13.2 Å². The van der Waals surface area contributed by atoms with Gasteiger partial charge in [-0.2, -0.15) is 0 Å². The van der Waals surface area contributed by atoms with Crippen molar-refractivity contribution in [2.75, 3.05) is 31.0 Å². The second kappa shape index (κ2) is 7.22. The molecule has 0 saturated carbocycles. The molecular formula is C17H17F3N4O3. The Bertz CT molecular complexity index is 841. The molecule has 0 radical (unpaired) electrons. The number of amides is 1. The topological polar surface area (TPSA) is 75.7 Å². The minimum absolute atomic E-state index is 0.113. The van der Waals surface area contributed by atoms with Gasteiger partial charge in [0.15, 0.2) is 0 Å². The lowest BCUT2D eigenvalue weighted by Crippen LogP contribution is -2.25. The lowest BCUT2D eigenvalue weighted by molar-refractivity contribution is -0.276. The summed E-state index contributed by atoms with van der Waals surface area (Å²) in [6.45, 7) is 0.812. The molecule has 0 atom stereocenters. The number of hydrogen-bond donors (Lipinski definition) is 2. The van der Waals surface area contributed by atoms with Crippen molar-refractivity contribution < 1.29 is 27.4 Å². The summed E-state index contributed by atoms with van der Waals surface area (Å²) in [6.07, 6.45) is -3.81. The molecule has 1 aromatic heterocycles. The molecule has 1 aromatic carbocycles. The van der Waals surface area contributed by atoms with Crippen LogP contribution >= 0.6 is 0 Å². The number of hydrogen-bond acceptors (Lipinski definition) is 6. The molecule has 0 saturated heterocycles. The number of nitrogens with zero attached hydrogens (tertiary/aromatic N) is 2. The fraction of sp³-hybridized carbons (Fsp3) is 0.294. The average molecular weight is 382 g/mol. The number of anilines is 2. The highest BCUT2D eigenvalue weighted by Gasteiger charge is 2.31. The predicted octanol–water partition coefficient (Wildman–Crippen LogP) is 2.74. The van der Waals surface area contributed by atoms with Gasteiger partial charge in [0.2, 0.25) is 5.88 Å². The van der Waals surface area contributed by atoms with Gasteiger partial charge < -0.3 is 25.0 Å². The van der Waals surface area contributed by atoms with Crippen LogP contribution in [0.2, 0.25) is 0 Å². The molecule has 2 N–H and O–H groups in total. The fourth-order valence-corrected chi connectivity index (χ4v) is 2.81. The van der Waals surface area contributed by atoms with Crippen molar-refractivity contribution in [1.29, 1.82) is 0 Å². The Morgan fingerprint density at radius 2 is 2.11 bits per heavy atom. The van der Waals surface area contributed by atoms with Crippen molar-refractivity contribution >= 4 is 17.3 Å².